The Kier molecular flexibility index (Phi) is 4.55. The van der Waals surface area contributed by atoms with Gasteiger partial charge in [0.1, 0.15) is 0 Å². The first-order valence-corrected chi connectivity index (χ1v) is 12.0. The van der Waals surface area contributed by atoms with E-state index in [0.29, 0.717) is 11.8 Å². The predicted molar refractivity (Wildman–Crippen MR) is 136 cm³/mol. The quantitative estimate of drug-likeness (QED) is 0.267. The molecule has 0 atom stereocenters. The zero-order valence-electron chi connectivity index (χ0n) is 19.8. The molecule has 0 spiro atoms. The lowest BCUT2D eigenvalue weighted by atomic mass is 9.88. The van der Waals surface area contributed by atoms with Gasteiger partial charge in [0.2, 0.25) is 6.54 Å². The topological polar surface area (TPSA) is 13.7 Å². The number of fused-ring (bicyclic) bond motifs is 5. The van der Waals surface area contributed by atoms with Crippen molar-refractivity contribution in [1.29, 1.82) is 0 Å². The SMILES string of the molecule is CC(C)c1cc(-c2ccccc2)cc(C(C)C)c1-n1c2c(c3ccccc31)C[n+]1cccn1-2. The standard InChI is InChI=1S/C30H30N3/c1-20(2)25-17-23(22-11-6-5-7-12-22)18-26(21(3)4)29(25)33-28-14-9-8-13-24(28)27-19-31-15-10-16-32(31)30(27)33/h5-18,20-21H,19H2,1-4H3/q+1. The average Bonchev–Trinajstić information content (AvgIpc) is 3.49. The normalized spacial score (nSPS) is 12.7. The zero-order chi connectivity index (χ0) is 22.7. The van der Waals surface area contributed by atoms with Crippen molar-refractivity contribution in [3.05, 3.63) is 102 Å². The molecule has 1 aliphatic rings. The Bertz CT molecular complexity index is 1450. The van der Waals surface area contributed by atoms with Crippen molar-refractivity contribution in [3.63, 3.8) is 0 Å². The summed E-state index contributed by atoms with van der Waals surface area (Å²) >= 11 is 0. The molecular weight excluding hydrogens is 402 g/mol. The van der Waals surface area contributed by atoms with E-state index in [4.69, 9.17) is 0 Å². The van der Waals surface area contributed by atoms with Gasteiger partial charge in [-0.1, -0.05) is 76.2 Å². The molecule has 0 bridgehead atoms. The summed E-state index contributed by atoms with van der Waals surface area (Å²) in [6.45, 7) is 10.2. The molecule has 3 heterocycles. The van der Waals surface area contributed by atoms with Gasteiger partial charge in [0.15, 0.2) is 12.0 Å². The number of nitrogens with zero attached hydrogens (tertiary/aromatic N) is 3. The van der Waals surface area contributed by atoms with Crippen LogP contribution in [0.3, 0.4) is 0 Å². The van der Waals surface area contributed by atoms with E-state index in [9.17, 15) is 0 Å². The van der Waals surface area contributed by atoms with Crippen LogP contribution in [0.5, 0.6) is 0 Å². The van der Waals surface area contributed by atoms with E-state index in [1.165, 1.54) is 50.2 Å². The Morgan fingerprint density at radius 3 is 2.12 bits per heavy atom. The van der Waals surface area contributed by atoms with Crippen molar-refractivity contribution in [3.8, 4) is 22.6 Å². The van der Waals surface area contributed by atoms with E-state index in [0.717, 1.165) is 6.54 Å². The van der Waals surface area contributed by atoms with Crippen LogP contribution in [0.15, 0.2) is 85.2 Å². The van der Waals surface area contributed by atoms with Gasteiger partial charge in [0, 0.05) is 11.5 Å². The highest BCUT2D eigenvalue weighted by molar-refractivity contribution is 5.90. The molecule has 3 nitrogen and oxygen atoms in total. The average molecular weight is 433 g/mol. The molecule has 0 radical (unpaired) electrons. The Hall–Kier alpha value is -3.59. The van der Waals surface area contributed by atoms with Crippen LogP contribution in [0, 0.1) is 0 Å². The molecule has 5 aromatic rings. The number of rotatable bonds is 4. The van der Waals surface area contributed by atoms with E-state index in [-0.39, 0.29) is 0 Å². The molecule has 3 aromatic carbocycles. The summed E-state index contributed by atoms with van der Waals surface area (Å²) in [5.74, 6) is 2.07. The van der Waals surface area contributed by atoms with Crippen LogP contribution < -0.4 is 4.68 Å². The van der Waals surface area contributed by atoms with Gasteiger partial charge in [-0.2, -0.15) is 0 Å². The van der Waals surface area contributed by atoms with E-state index in [2.05, 4.69) is 127 Å². The van der Waals surface area contributed by atoms with E-state index in [1.807, 2.05) is 0 Å². The van der Waals surface area contributed by atoms with Crippen LogP contribution in [0.2, 0.25) is 0 Å². The van der Waals surface area contributed by atoms with Crippen molar-refractivity contribution < 1.29 is 4.68 Å². The van der Waals surface area contributed by atoms with Gasteiger partial charge in [-0.15, -0.1) is 9.36 Å². The maximum absolute atomic E-state index is 2.54. The van der Waals surface area contributed by atoms with Crippen LogP contribution in [-0.4, -0.2) is 9.25 Å². The van der Waals surface area contributed by atoms with Gasteiger partial charge >= 0.3 is 0 Å². The summed E-state index contributed by atoms with van der Waals surface area (Å²) in [6.07, 6.45) is 4.36. The molecule has 0 fully saturated rings. The third-order valence-corrected chi connectivity index (χ3v) is 6.99. The second kappa shape index (κ2) is 7.48. The first-order valence-electron chi connectivity index (χ1n) is 12.0. The Labute approximate surface area is 195 Å². The molecule has 0 saturated carbocycles. The predicted octanol–water partition coefficient (Wildman–Crippen LogP) is 6.98. The van der Waals surface area contributed by atoms with E-state index in [1.54, 1.807) is 0 Å². The number of hydrogen-bond acceptors (Lipinski definition) is 0. The molecule has 0 saturated heterocycles. The molecule has 0 N–H and O–H groups in total. The van der Waals surface area contributed by atoms with Gasteiger partial charge in [-0.3, -0.25) is 4.57 Å². The Morgan fingerprint density at radius 2 is 1.42 bits per heavy atom. The molecule has 1 aliphatic heterocycles. The minimum atomic E-state index is 0.399. The van der Waals surface area contributed by atoms with E-state index < -0.39 is 0 Å². The lowest BCUT2D eigenvalue weighted by Crippen LogP contribution is -2.37. The summed E-state index contributed by atoms with van der Waals surface area (Å²) in [5, 5.41) is 1.35. The number of hydrogen-bond donors (Lipinski definition) is 0. The van der Waals surface area contributed by atoms with Crippen LogP contribution in [0.25, 0.3) is 33.5 Å². The monoisotopic (exact) mass is 432 g/mol. The molecule has 0 unspecified atom stereocenters. The maximum atomic E-state index is 2.54. The van der Waals surface area contributed by atoms with Gasteiger partial charge in [-0.25, -0.2) is 0 Å². The summed E-state index contributed by atoms with van der Waals surface area (Å²) in [7, 11) is 0. The third kappa shape index (κ3) is 2.99. The van der Waals surface area contributed by atoms with Crippen molar-refractivity contribution in [2.24, 2.45) is 0 Å². The first-order chi connectivity index (χ1) is 16.0. The fraction of sp³-hybridized carbons (Fsp3) is 0.233. The highest BCUT2D eigenvalue weighted by Gasteiger charge is 2.34. The van der Waals surface area contributed by atoms with Crippen molar-refractivity contribution in [2.75, 3.05) is 0 Å². The van der Waals surface area contributed by atoms with Crippen molar-refractivity contribution in [2.45, 2.75) is 46.1 Å². The van der Waals surface area contributed by atoms with Crippen molar-refractivity contribution in [1.82, 2.24) is 9.25 Å². The van der Waals surface area contributed by atoms with Crippen molar-refractivity contribution >= 4 is 10.9 Å². The number of para-hydroxylation sites is 1. The number of aromatic nitrogens is 3. The minimum Gasteiger partial charge on any atom is -0.290 e. The highest BCUT2D eigenvalue weighted by atomic mass is 15.5. The van der Waals surface area contributed by atoms with E-state index >= 15 is 0 Å². The number of benzene rings is 3. The second-order valence-electron chi connectivity index (χ2n) is 9.77. The van der Waals surface area contributed by atoms with Gasteiger partial charge in [-0.05, 0) is 52.3 Å². The second-order valence-corrected chi connectivity index (χ2v) is 9.77. The van der Waals surface area contributed by atoms with Crippen LogP contribution in [0.4, 0.5) is 0 Å². The fourth-order valence-electron chi connectivity index (χ4n) is 5.39. The largest absolute Gasteiger partial charge is 0.290 e. The fourth-order valence-corrected chi connectivity index (χ4v) is 5.39. The molecular formula is C30H30N3+. The van der Waals surface area contributed by atoms with Crippen LogP contribution >= 0.6 is 0 Å². The van der Waals surface area contributed by atoms with Gasteiger partial charge < -0.3 is 0 Å². The smallest absolute Gasteiger partial charge is 0.202 e. The van der Waals surface area contributed by atoms with Crippen LogP contribution in [0.1, 0.15) is 56.2 Å². The molecule has 0 amide bonds. The van der Waals surface area contributed by atoms with Gasteiger partial charge in [0.05, 0.1) is 23.0 Å². The molecule has 3 heteroatoms. The molecule has 0 aliphatic carbocycles. The van der Waals surface area contributed by atoms with Crippen LogP contribution in [-0.2, 0) is 6.54 Å². The summed E-state index contributed by atoms with van der Waals surface area (Å²) < 4.78 is 7.15. The Morgan fingerprint density at radius 1 is 0.758 bits per heavy atom. The molecule has 6 rings (SSSR count). The summed E-state index contributed by atoms with van der Waals surface area (Å²) in [4.78, 5) is 0. The lowest BCUT2D eigenvalue weighted by Gasteiger charge is -2.24. The minimum absolute atomic E-state index is 0.399. The highest BCUT2D eigenvalue weighted by Crippen LogP contribution is 2.41. The van der Waals surface area contributed by atoms with Gasteiger partial charge in [0.25, 0.3) is 0 Å². The summed E-state index contributed by atoms with van der Waals surface area (Å²) in [6, 6.07) is 26.6. The first kappa shape index (κ1) is 20.0. The molecule has 2 aromatic heterocycles. The maximum Gasteiger partial charge on any atom is 0.202 e. The summed E-state index contributed by atoms with van der Waals surface area (Å²) in [5.41, 5.74) is 9.42. The third-order valence-electron chi connectivity index (χ3n) is 6.99. The Balaban J connectivity index is 1.74. The molecule has 33 heavy (non-hydrogen) atoms. The lowest BCUT2D eigenvalue weighted by molar-refractivity contribution is -0.751. The molecule has 164 valence electrons. The zero-order valence-corrected chi connectivity index (χ0v) is 19.8.